The Bertz CT molecular complexity index is 1220. The number of esters is 2. The predicted molar refractivity (Wildman–Crippen MR) is 131 cm³/mol. The molecule has 0 saturated carbocycles. The van der Waals surface area contributed by atoms with Gasteiger partial charge in [-0.15, -0.1) is 0 Å². The van der Waals surface area contributed by atoms with Crippen LogP contribution >= 0.6 is 0 Å². The Hall–Kier alpha value is -3.92. The lowest BCUT2D eigenvalue weighted by Crippen LogP contribution is -2.47. The van der Waals surface area contributed by atoms with Gasteiger partial charge in [0.05, 0.1) is 24.1 Å². The third-order valence-corrected chi connectivity index (χ3v) is 5.77. The van der Waals surface area contributed by atoms with Crippen LogP contribution < -0.4 is 5.73 Å². The summed E-state index contributed by atoms with van der Waals surface area (Å²) in [5, 5.41) is 14.7. The molecule has 0 radical (unpaired) electrons. The van der Waals surface area contributed by atoms with Gasteiger partial charge in [-0.25, -0.2) is 14.3 Å². The van der Waals surface area contributed by atoms with Crippen molar-refractivity contribution in [3.63, 3.8) is 0 Å². The Kier molecular flexibility index (Phi) is 8.78. The van der Waals surface area contributed by atoms with Gasteiger partial charge in [0.2, 0.25) is 5.60 Å². The minimum absolute atomic E-state index is 0.0770. The molecule has 2 N–H and O–H groups in total. The Balaban J connectivity index is 2.09. The highest BCUT2D eigenvalue weighted by atomic mass is 16.7. The van der Waals surface area contributed by atoms with E-state index in [0.29, 0.717) is 5.52 Å². The minimum Gasteiger partial charge on any atom is -0.455 e. The van der Waals surface area contributed by atoms with Crippen molar-refractivity contribution >= 4 is 29.4 Å². The van der Waals surface area contributed by atoms with Crippen LogP contribution in [-0.2, 0) is 38.9 Å². The maximum absolute atomic E-state index is 12.8. The number of ether oxygens (including phenoxy) is 5. The molecule has 0 bridgehead atoms. The highest BCUT2D eigenvalue weighted by molar-refractivity contribution is 5.73. The number of anilines is 1. The van der Waals surface area contributed by atoms with Crippen molar-refractivity contribution in [2.24, 2.45) is 17.8 Å². The number of carbonyl (C=O) groups excluding carboxylic acids is 3. The van der Waals surface area contributed by atoms with E-state index >= 15 is 0 Å². The SMILES string of the molecule is CC(C)COC(=O)OC[C@H]1O[C@@](C#N)(c2ccc3c(N)ncnn23)[C@H](OC(=O)C(C)C)[C@@H]1OC(=O)C(C)C. The first-order valence-electron chi connectivity index (χ1n) is 12.3. The Morgan fingerprint density at radius 1 is 1.11 bits per heavy atom. The van der Waals surface area contributed by atoms with Crippen molar-refractivity contribution in [2.45, 2.75) is 65.5 Å². The predicted octanol–water partition coefficient (Wildman–Crippen LogP) is 2.37. The molecule has 13 heteroatoms. The highest BCUT2D eigenvalue weighted by Gasteiger charge is 2.63. The Morgan fingerprint density at radius 2 is 1.76 bits per heavy atom. The van der Waals surface area contributed by atoms with Gasteiger partial charge in [0, 0.05) is 0 Å². The standard InChI is InChI=1S/C25H33N5O8/c1-13(2)9-34-24(33)35-10-17-19(36-22(31)14(3)4)20(37-23(32)15(5)6)25(11-26,38-17)18-8-7-16-21(27)28-12-29-30(16)18/h7-8,12-15,17,19-20H,9-10H2,1-6H3,(H2,27,28,29)/t17-,19-,20-,25+/m1/s1. The van der Waals surface area contributed by atoms with E-state index in [9.17, 15) is 19.6 Å². The second-order valence-electron chi connectivity index (χ2n) is 10.00. The first-order chi connectivity index (χ1) is 17.9. The van der Waals surface area contributed by atoms with E-state index < -0.39 is 60.4 Å². The molecule has 3 heterocycles. The van der Waals surface area contributed by atoms with E-state index in [0.717, 1.165) is 0 Å². The van der Waals surface area contributed by atoms with Crippen molar-refractivity contribution < 1.29 is 38.1 Å². The molecule has 2 aromatic rings. The zero-order chi connectivity index (χ0) is 28.2. The van der Waals surface area contributed by atoms with Gasteiger partial charge < -0.3 is 29.4 Å². The number of rotatable bonds is 9. The summed E-state index contributed by atoms with van der Waals surface area (Å²) < 4.78 is 29.3. The third kappa shape index (κ3) is 5.80. The largest absolute Gasteiger partial charge is 0.508 e. The quantitative estimate of drug-likeness (QED) is 0.369. The summed E-state index contributed by atoms with van der Waals surface area (Å²) in [5.74, 6) is -2.19. The van der Waals surface area contributed by atoms with E-state index in [1.54, 1.807) is 33.8 Å². The third-order valence-electron chi connectivity index (χ3n) is 5.77. The van der Waals surface area contributed by atoms with Crippen LogP contribution in [0.3, 0.4) is 0 Å². The van der Waals surface area contributed by atoms with Crippen molar-refractivity contribution in [3.05, 3.63) is 24.2 Å². The fourth-order valence-corrected chi connectivity index (χ4v) is 3.76. The number of hydrogen-bond donors (Lipinski definition) is 1. The smallest absolute Gasteiger partial charge is 0.455 e. The summed E-state index contributed by atoms with van der Waals surface area (Å²) in [6.07, 6.45) is -3.72. The summed E-state index contributed by atoms with van der Waals surface area (Å²) in [6, 6.07) is 5.20. The van der Waals surface area contributed by atoms with Gasteiger partial charge in [0.25, 0.3) is 0 Å². The van der Waals surface area contributed by atoms with Crippen molar-refractivity contribution in [1.82, 2.24) is 14.6 Å². The lowest BCUT2D eigenvalue weighted by Gasteiger charge is -2.29. The number of aromatic nitrogens is 3. The Morgan fingerprint density at radius 3 is 2.37 bits per heavy atom. The van der Waals surface area contributed by atoms with Crippen LogP contribution in [0.5, 0.6) is 0 Å². The molecule has 4 atom stereocenters. The number of hydrogen-bond acceptors (Lipinski definition) is 12. The Labute approximate surface area is 220 Å². The van der Waals surface area contributed by atoms with Crippen LogP contribution in [0.4, 0.5) is 10.6 Å². The molecule has 1 saturated heterocycles. The van der Waals surface area contributed by atoms with E-state index in [4.69, 9.17) is 29.4 Å². The highest BCUT2D eigenvalue weighted by Crippen LogP contribution is 2.44. The number of nitrogens with zero attached hydrogens (tertiary/aromatic N) is 4. The molecular weight excluding hydrogens is 498 g/mol. The molecule has 1 aliphatic heterocycles. The summed E-state index contributed by atoms with van der Waals surface area (Å²) in [4.78, 5) is 41.6. The molecule has 0 aromatic carbocycles. The number of fused-ring (bicyclic) bond motifs is 1. The van der Waals surface area contributed by atoms with Gasteiger partial charge in [-0.2, -0.15) is 10.4 Å². The molecule has 0 aliphatic carbocycles. The summed E-state index contributed by atoms with van der Waals surface area (Å²) in [7, 11) is 0. The molecule has 0 amide bonds. The number of carbonyl (C=O) groups is 3. The second-order valence-corrected chi connectivity index (χ2v) is 10.00. The van der Waals surface area contributed by atoms with Crippen molar-refractivity contribution in [1.29, 1.82) is 5.26 Å². The fourth-order valence-electron chi connectivity index (χ4n) is 3.76. The average molecular weight is 532 g/mol. The molecule has 2 aromatic heterocycles. The van der Waals surface area contributed by atoms with Crippen LogP contribution in [-0.4, -0.2) is 64.2 Å². The van der Waals surface area contributed by atoms with Crippen LogP contribution in [0.2, 0.25) is 0 Å². The van der Waals surface area contributed by atoms with E-state index in [-0.39, 0.29) is 24.0 Å². The number of nitrogens with two attached hydrogens (primary N) is 1. The molecule has 1 aliphatic rings. The van der Waals surface area contributed by atoms with Gasteiger partial charge in [-0.1, -0.05) is 41.5 Å². The molecule has 1 fully saturated rings. The first-order valence-corrected chi connectivity index (χ1v) is 12.3. The van der Waals surface area contributed by atoms with Crippen molar-refractivity contribution in [2.75, 3.05) is 18.9 Å². The monoisotopic (exact) mass is 531 g/mol. The topological polar surface area (TPSA) is 177 Å². The molecule has 3 rings (SSSR count). The van der Waals surface area contributed by atoms with Crippen molar-refractivity contribution in [3.8, 4) is 6.07 Å². The summed E-state index contributed by atoms with van der Waals surface area (Å²) in [5.41, 5.74) is 4.48. The zero-order valence-corrected chi connectivity index (χ0v) is 22.2. The van der Waals surface area contributed by atoms with Crippen LogP contribution in [0.1, 0.15) is 47.2 Å². The molecule has 0 spiro atoms. The van der Waals surface area contributed by atoms with E-state index in [1.165, 1.54) is 16.9 Å². The van der Waals surface area contributed by atoms with E-state index in [2.05, 4.69) is 16.2 Å². The number of nitriles is 1. The lowest BCUT2D eigenvalue weighted by atomic mass is 9.92. The number of nitrogen functional groups attached to an aromatic ring is 1. The minimum atomic E-state index is -2.02. The maximum Gasteiger partial charge on any atom is 0.508 e. The molecule has 13 nitrogen and oxygen atoms in total. The summed E-state index contributed by atoms with van der Waals surface area (Å²) >= 11 is 0. The van der Waals surface area contributed by atoms with Gasteiger partial charge in [0.1, 0.15) is 30.6 Å². The second kappa shape index (κ2) is 11.6. The van der Waals surface area contributed by atoms with E-state index in [1.807, 2.05) is 13.8 Å². The average Bonchev–Trinajstić information content (AvgIpc) is 3.42. The lowest BCUT2D eigenvalue weighted by molar-refractivity contribution is -0.173. The van der Waals surface area contributed by atoms with Gasteiger partial charge in [0.15, 0.2) is 18.0 Å². The van der Waals surface area contributed by atoms with Crippen LogP contribution in [0.15, 0.2) is 18.5 Å². The molecule has 38 heavy (non-hydrogen) atoms. The first kappa shape index (κ1) is 28.6. The summed E-state index contributed by atoms with van der Waals surface area (Å²) in [6.45, 7) is 9.89. The fraction of sp³-hybridized carbons (Fsp3) is 0.600. The van der Waals surface area contributed by atoms with Crippen LogP contribution in [0.25, 0.3) is 5.52 Å². The normalized spacial score (nSPS) is 23.0. The maximum atomic E-state index is 12.8. The molecule has 206 valence electrons. The molecule has 0 unspecified atom stereocenters. The van der Waals surface area contributed by atoms with Gasteiger partial charge in [-0.3, -0.25) is 9.59 Å². The van der Waals surface area contributed by atoms with Crippen LogP contribution in [0, 0.1) is 29.1 Å². The van der Waals surface area contributed by atoms with Gasteiger partial charge >= 0.3 is 18.1 Å². The zero-order valence-electron chi connectivity index (χ0n) is 22.2. The van der Waals surface area contributed by atoms with Gasteiger partial charge in [-0.05, 0) is 18.1 Å². The molecular formula is C25H33N5O8.